The number of rotatable bonds is 3. The molecule has 0 fully saturated rings. The number of nitrogens with two attached hydrogens (primary N) is 1. The van der Waals surface area contributed by atoms with Gasteiger partial charge in [0.15, 0.2) is 11.5 Å². The SMILES string of the molecule is CCc1ccc2c(c1)Oc1cc(CC)cc(N)c1N2C(=O)c1cc(C(C)(C)C)c(O)c(C(C)(C)C)c1. The number of benzene rings is 3. The third-order valence-electron chi connectivity index (χ3n) is 6.87. The van der Waals surface area contributed by atoms with E-state index >= 15 is 0 Å². The monoisotopic (exact) mass is 486 g/mol. The van der Waals surface area contributed by atoms with E-state index in [1.807, 2.05) is 84.0 Å². The van der Waals surface area contributed by atoms with Crippen LogP contribution in [0.3, 0.4) is 0 Å². The van der Waals surface area contributed by atoms with Gasteiger partial charge in [-0.05, 0) is 71.2 Å². The van der Waals surface area contributed by atoms with Crippen LogP contribution < -0.4 is 15.4 Å². The van der Waals surface area contributed by atoms with Gasteiger partial charge in [-0.25, -0.2) is 0 Å². The van der Waals surface area contributed by atoms with Crippen molar-refractivity contribution in [1.82, 2.24) is 0 Å². The summed E-state index contributed by atoms with van der Waals surface area (Å²) < 4.78 is 6.32. The Bertz CT molecular complexity index is 1310. The fourth-order valence-corrected chi connectivity index (χ4v) is 4.74. The quantitative estimate of drug-likeness (QED) is 0.371. The summed E-state index contributed by atoms with van der Waals surface area (Å²) >= 11 is 0. The molecule has 1 amide bonds. The number of carbonyl (C=O) groups excluding carboxylic acids is 1. The first-order chi connectivity index (χ1) is 16.8. The van der Waals surface area contributed by atoms with Crippen LogP contribution in [-0.4, -0.2) is 11.0 Å². The zero-order chi connectivity index (χ0) is 26.6. The number of amides is 1. The molecule has 3 N–H and O–H groups in total. The van der Waals surface area contributed by atoms with Crippen molar-refractivity contribution < 1.29 is 14.6 Å². The van der Waals surface area contributed by atoms with Crippen LogP contribution in [0.25, 0.3) is 0 Å². The maximum Gasteiger partial charge on any atom is 0.263 e. The summed E-state index contributed by atoms with van der Waals surface area (Å²) in [6, 6.07) is 13.4. The Morgan fingerprint density at radius 3 is 1.94 bits per heavy atom. The minimum Gasteiger partial charge on any atom is -0.507 e. The highest BCUT2D eigenvalue weighted by Gasteiger charge is 2.35. The first-order valence-corrected chi connectivity index (χ1v) is 12.7. The fourth-order valence-electron chi connectivity index (χ4n) is 4.74. The molecule has 0 bridgehead atoms. The maximum absolute atomic E-state index is 14.4. The second kappa shape index (κ2) is 8.88. The number of anilines is 3. The van der Waals surface area contributed by atoms with Gasteiger partial charge in [0.05, 0.1) is 11.4 Å². The molecule has 3 aromatic rings. The van der Waals surface area contributed by atoms with Crippen molar-refractivity contribution in [1.29, 1.82) is 0 Å². The number of aromatic hydroxyl groups is 1. The molecule has 0 spiro atoms. The minimum absolute atomic E-state index is 0.211. The minimum atomic E-state index is -0.355. The van der Waals surface area contributed by atoms with E-state index in [2.05, 4.69) is 13.8 Å². The van der Waals surface area contributed by atoms with Gasteiger partial charge in [0.2, 0.25) is 0 Å². The lowest BCUT2D eigenvalue weighted by Crippen LogP contribution is -2.30. The van der Waals surface area contributed by atoms with Gasteiger partial charge in [0.1, 0.15) is 11.4 Å². The number of nitrogen functional groups attached to an aromatic ring is 1. The van der Waals surface area contributed by atoms with E-state index in [0.29, 0.717) is 34.1 Å². The highest BCUT2D eigenvalue weighted by atomic mass is 16.5. The van der Waals surface area contributed by atoms with Crippen molar-refractivity contribution in [2.45, 2.75) is 79.1 Å². The van der Waals surface area contributed by atoms with Crippen molar-refractivity contribution in [3.63, 3.8) is 0 Å². The Morgan fingerprint density at radius 2 is 1.42 bits per heavy atom. The van der Waals surface area contributed by atoms with Crippen LogP contribution in [0.15, 0.2) is 42.5 Å². The topological polar surface area (TPSA) is 75.8 Å². The number of aryl methyl sites for hydroxylation is 2. The van der Waals surface area contributed by atoms with E-state index in [9.17, 15) is 9.90 Å². The van der Waals surface area contributed by atoms with Crippen molar-refractivity contribution in [2.24, 2.45) is 0 Å². The van der Waals surface area contributed by atoms with Gasteiger partial charge in [-0.1, -0.05) is 61.5 Å². The summed E-state index contributed by atoms with van der Waals surface area (Å²) in [6.45, 7) is 16.4. The van der Waals surface area contributed by atoms with Crippen LogP contribution in [0.4, 0.5) is 17.1 Å². The lowest BCUT2D eigenvalue weighted by molar-refractivity contribution is 0.0997. The molecule has 1 aliphatic heterocycles. The van der Waals surface area contributed by atoms with Crippen molar-refractivity contribution in [3.8, 4) is 17.2 Å². The Kier molecular flexibility index (Phi) is 6.32. The highest BCUT2D eigenvalue weighted by Crippen LogP contribution is 2.51. The number of phenolic OH excluding ortho intramolecular Hbond substituents is 1. The molecule has 5 nitrogen and oxygen atoms in total. The molecule has 0 atom stereocenters. The summed E-state index contributed by atoms with van der Waals surface area (Å²) in [6.07, 6.45) is 1.66. The second-order valence-electron chi connectivity index (χ2n) is 11.7. The van der Waals surface area contributed by atoms with E-state index < -0.39 is 0 Å². The molecule has 1 heterocycles. The van der Waals surface area contributed by atoms with Crippen molar-refractivity contribution in [2.75, 3.05) is 10.6 Å². The summed E-state index contributed by atoms with van der Waals surface area (Å²) in [5.74, 6) is 1.24. The number of fused-ring (bicyclic) bond motifs is 2. The average Bonchev–Trinajstić information content (AvgIpc) is 2.80. The van der Waals surface area contributed by atoms with Gasteiger partial charge in [-0.3, -0.25) is 9.69 Å². The molecule has 3 aromatic carbocycles. The summed E-state index contributed by atoms with van der Waals surface area (Å²) in [7, 11) is 0. The van der Waals surface area contributed by atoms with E-state index in [-0.39, 0.29) is 22.5 Å². The summed E-state index contributed by atoms with van der Waals surface area (Å²) in [4.78, 5) is 16.1. The highest BCUT2D eigenvalue weighted by molar-refractivity contribution is 6.15. The van der Waals surface area contributed by atoms with Crippen LogP contribution in [0, 0.1) is 0 Å². The van der Waals surface area contributed by atoms with Crippen molar-refractivity contribution >= 4 is 23.0 Å². The van der Waals surface area contributed by atoms with E-state index in [0.717, 1.165) is 35.1 Å². The zero-order valence-electron chi connectivity index (χ0n) is 22.7. The Labute approximate surface area is 214 Å². The van der Waals surface area contributed by atoms with Gasteiger partial charge in [0.25, 0.3) is 5.91 Å². The number of nitrogens with zero attached hydrogens (tertiary/aromatic N) is 1. The van der Waals surface area contributed by atoms with Gasteiger partial charge < -0.3 is 15.6 Å². The summed E-state index contributed by atoms with van der Waals surface area (Å²) in [5, 5.41) is 11.2. The molecule has 1 aliphatic rings. The largest absolute Gasteiger partial charge is 0.507 e. The molecule has 0 saturated heterocycles. The Morgan fingerprint density at radius 1 is 0.861 bits per heavy atom. The number of hydrogen-bond acceptors (Lipinski definition) is 4. The number of carbonyl (C=O) groups is 1. The molecule has 4 rings (SSSR count). The predicted molar refractivity (Wildman–Crippen MR) is 148 cm³/mol. The maximum atomic E-state index is 14.4. The Hall–Kier alpha value is -3.47. The summed E-state index contributed by atoms with van der Waals surface area (Å²) in [5.41, 5.74) is 11.7. The fraction of sp³-hybridized carbons (Fsp3) is 0.387. The molecule has 0 aliphatic carbocycles. The third kappa shape index (κ3) is 4.43. The molecular formula is C31H38N2O3. The normalized spacial score (nSPS) is 13.2. The lowest BCUT2D eigenvalue weighted by atomic mass is 9.78. The molecule has 0 aromatic heterocycles. The predicted octanol–water partition coefficient (Wildman–Crippen LogP) is 7.78. The number of phenols is 1. The number of ether oxygens (including phenoxy) is 1. The molecule has 0 radical (unpaired) electrons. The average molecular weight is 487 g/mol. The lowest BCUT2D eigenvalue weighted by Gasteiger charge is -2.34. The molecule has 0 unspecified atom stereocenters. The zero-order valence-corrected chi connectivity index (χ0v) is 22.7. The van der Waals surface area contributed by atoms with Crippen LogP contribution in [-0.2, 0) is 23.7 Å². The smallest absolute Gasteiger partial charge is 0.263 e. The molecular weight excluding hydrogens is 448 g/mol. The van der Waals surface area contributed by atoms with Crippen LogP contribution in [0.2, 0.25) is 0 Å². The van der Waals surface area contributed by atoms with Gasteiger partial charge in [-0.2, -0.15) is 0 Å². The van der Waals surface area contributed by atoms with Crippen LogP contribution >= 0.6 is 0 Å². The molecule has 190 valence electrons. The van der Waals surface area contributed by atoms with E-state index in [1.165, 1.54) is 0 Å². The van der Waals surface area contributed by atoms with Crippen LogP contribution in [0.1, 0.15) is 88.0 Å². The van der Waals surface area contributed by atoms with Gasteiger partial charge in [-0.15, -0.1) is 0 Å². The molecule has 36 heavy (non-hydrogen) atoms. The number of hydrogen-bond donors (Lipinski definition) is 2. The van der Waals surface area contributed by atoms with E-state index in [4.69, 9.17) is 10.5 Å². The second-order valence-corrected chi connectivity index (χ2v) is 11.7. The molecule has 0 saturated carbocycles. The Balaban J connectivity index is 1.99. The first-order valence-electron chi connectivity index (χ1n) is 12.7. The first kappa shape index (κ1) is 25.6. The molecule has 5 heteroatoms. The standard InChI is InChI=1S/C31H38N2O3/c1-9-18-11-12-24-25(14-18)36-26-15-19(10-2)13-23(32)27(26)33(24)29(35)20-16-21(30(3,4)5)28(34)22(17-20)31(6,7)8/h11-17,34H,9-10,32H2,1-8H3. The van der Waals surface area contributed by atoms with E-state index in [1.54, 1.807) is 4.90 Å². The van der Waals surface area contributed by atoms with Crippen molar-refractivity contribution in [3.05, 3.63) is 70.3 Å². The van der Waals surface area contributed by atoms with Gasteiger partial charge in [0, 0.05) is 16.7 Å². The third-order valence-corrected chi connectivity index (χ3v) is 6.87. The van der Waals surface area contributed by atoms with Crippen LogP contribution in [0.5, 0.6) is 17.2 Å². The van der Waals surface area contributed by atoms with Gasteiger partial charge >= 0.3 is 0 Å².